The fourth-order valence-electron chi connectivity index (χ4n) is 4.35. The second-order valence-electron chi connectivity index (χ2n) is 8.88. The number of benzene rings is 3. The van der Waals surface area contributed by atoms with Crippen LogP contribution in [0.4, 0.5) is 11.4 Å². The van der Waals surface area contributed by atoms with Crippen LogP contribution in [-0.4, -0.2) is 54.4 Å². The van der Waals surface area contributed by atoms with E-state index in [0.29, 0.717) is 17.7 Å². The standard InChI is InChI=1S/C28H27N3O6/c1-29(2)21-10-6-19(7-11-21)25-24(26(32)20-8-12-22(13-9-20)31(35)36)27(33)28(34)30(25)17-16-18-4-14-23(37-3)15-5-18/h4-15,25,32H,16-17H2,1-3H3/b26-24-. The number of methoxy groups -OCH3 is 1. The minimum atomic E-state index is -0.815. The average Bonchev–Trinajstić information content (AvgIpc) is 3.16. The summed E-state index contributed by atoms with van der Waals surface area (Å²) in [5.41, 5.74) is 2.59. The highest BCUT2D eigenvalue weighted by atomic mass is 16.6. The van der Waals surface area contributed by atoms with Gasteiger partial charge in [-0.25, -0.2) is 0 Å². The molecule has 9 nitrogen and oxygen atoms in total. The van der Waals surface area contributed by atoms with Crippen LogP contribution in [-0.2, 0) is 16.0 Å². The quantitative estimate of drug-likeness (QED) is 0.161. The van der Waals surface area contributed by atoms with Gasteiger partial charge in [-0.05, 0) is 53.9 Å². The molecule has 1 N–H and O–H groups in total. The molecule has 0 spiro atoms. The number of carbonyl (C=O) groups excluding carboxylic acids is 2. The second-order valence-corrected chi connectivity index (χ2v) is 8.88. The lowest BCUT2D eigenvalue weighted by atomic mass is 9.95. The topological polar surface area (TPSA) is 113 Å². The van der Waals surface area contributed by atoms with Gasteiger partial charge in [0.15, 0.2) is 0 Å². The van der Waals surface area contributed by atoms with E-state index in [4.69, 9.17) is 4.74 Å². The number of ether oxygens (including phenoxy) is 1. The zero-order valence-corrected chi connectivity index (χ0v) is 20.7. The molecule has 1 amide bonds. The van der Waals surface area contributed by atoms with Crippen LogP contribution in [0.25, 0.3) is 5.76 Å². The Morgan fingerprint density at radius 3 is 2.16 bits per heavy atom. The van der Waals surface area contributed by atoms with E-state index in [1.54, 1.807) is 7.11 Å². The highest BCUT2D eigenvalue weighted by molar-refractivity contribution is 6.46. The zero-order chi connectivity index (χ0) is 26.7. The molecule has 1 aliphatic heterocycles. The van der Waals surface area contributed by atoms with E-state index < -0.39 is 22.7 Å². The summed E-state index contributed by atoms with van der Waals surface area (Å²) >= 11 is 0. The predicted molar refractivity (Wildman–Crippen MR) is 140 cm³/mol. The smallest absolute Gasteiger partial charge is 0.295 e. The van der Waals surface area contributed by atoms with Crippen LogP contribution in [0.2, 0.25) is 0 Å². The number of hydrogen-bond donors (Lipinski definition) is 1. The molecule has 0 bridgehead atoms. The summed E-state index contributed by atoms with van der Waals surface area (Å²) in [6.45, 7) is 0.244. The number of nitrogens with zero attached hydrogens (tertiary/aromatic N) is 3. The predicted octanol–water partition coefficient (Wildman–Crippen LogP) is 4.33. The lowest BCUT2D eigenvalue weighted by Gasteiger charge is -2.26. The van der Waals surface area contributed by atoms with Crippen LogP contribution < -0.4 is 9.64 Å². The van der Waals surface area contributed by atoms with Gasteiger partial charge in [0.1, 0.15) is 11.5 Å². The Morgan fingerprint density at radius 2 is 1.62 bits per heavy atom. The van der Waals surface area contributed by atoms with Crippen molar-refractivity contribution in [1.29, 1.82) is 0 Å². The van der Waals surface area contributed by atoms with Gasteiger partial charge in [-0.1, -0.05) is 24.3 Å². The van der Waals surface area contributed by atoms with Crippen molar-refractivity contribution in [2.45, 2.75) is 12.5 Å². The summed E-state index contributed by atoms with van der Waals surface area (Å²) in [6, 6.07) is 19.3. The molecule has 0 aliphatic carbocycles. The van der Waals surface area contributed by atoms with Gasteiger partial charge in [0.05, 0.1) is 23.6 Å². The molecular formula is C28H27N3O6. The number of hydrogen-bond acceptors (Lipinski definition) is 7. The van der Waals surface area contributed by atoms with Crippen molar-refractivity contribution in [2.75, 3.05) is 32.6 Å². The first-order valence-electron chi connectivity index (χ1n) is 11.6. The van der Waals surface area contributed by atoms with Crippen molar-refractivity contribution in [2.24, 2.45) is 0 Å². The number of amides is 1. The van der Waals surface area contributed by atoms with Crippen LogP contribution in [0.5, 0.6) is 5.75 Å². The first kappa shape index (κ1) is 25.4. The van der Waals surface area contributed by atoms with Crippen molar-refractivity contribution in [3.63, 3.8) is 0 Å². The Balaban J connectivity index is 1.75. The molecule has 3 aromatic rings. The molecule has 9 heteroatoms. The first-order chi connectivity index (χ1) is 17.7. The minimum Gasteiger partial charge on any atom is -0.507 e. The second kappa shape index (κ2) is 10.5. The van der Waals surface area contributed by atoms with E-state index in [9.17, 15) is 24.8 Å². The molecular weight excluding hydrogens is 474 g/mol. The number of aliphatic hydroxyl groups excluding tert-OH is 1. The number of carbonyl (C=O) groups is 2. The summed E-state index contributed by atoms with van der Waals surface area (Å²) < 4.78 is 5.20. The van der Waals surface area contributed by atoms with Crippen LogP contribution in [0.3, 0.4) is 0 Å². The lowest BCUT2D eigenvalue weighted by Crippen LogP contribution is -2.31. The fraction of sp³-hybridized carbons (Fsp3) is 0.214. The van der Waals surface area contributed by atoms with E-state index in [2.05, 4.69) is 0 Å². The van der Waals surface area contributed by atoms with Gasteiger partial charge in [0.2, 0.25) is 0 Å². The molecule has 1 fully saturated rings. The summed E-state index contributed by atoms with van der Waals surface area (Å²) in [5, 5.41) is 22.2. The number of anilines is 1. The third-order valence-electron chi connectivity index (χ3n) is 6.42. The van der Waals surface area contributed by atoms with Gasteiger partial charge in [-0.3, -0.25) is 19.7 Å². The molecule has 1 unspecified atom stereocenters. The molecule has 190 valence electrons. The number of rotatable bonds is 8. The number of Topliss-reactive ketones (excluding diaryl/α,β-unsaturated/α-hetero) is 1. The SMILES string of the molecule is COc1ccc(CCN2C(=O)C(=O)/C(=C(\O)c3ccc([N+](=O)[O-])cc3)C2c2ccc(N(C)C)cc2)cc1. The van der Waals surface area contributed by atoms with E-state index in [0.717, 1.165) is 11.3 Å². The Hall–Kier alpha value is -4.66. The molecule has 0 radical (unpaired) electrons. The zero-order valence-electron chi connectivity index (χ0n) is 20.7. The molecule has 1 heterocycles. The van der Waals surface area contributed by atoms with E-state index in [-0.39, 0.29) is 29.1 Å². The lowest BCUT2D eigenvalue weighted by molar-refractivity contribution is -0.384. The van der Waals surface area contributed by atoms with Crippen molar-refractivity contribution in [3.8, 4) is 5.75 Å². The highest BCUT2D eigenvalue weighted by Gasteiger charge is 2.45. The van der Waals surface area contributed by atoms with Crippen molar-refractivity contribution in [1.82, 2.24) is 4.90 Å². The van der Waals surface area contributed by atoms with Gasteiger partial charge in [0.25, 0.3) is 17.4 Å². The van der Waals surface area contributed by atoms with Gasteiger partial charge >= 0.3 is 0 Å². The Morgan fingerprint density at radius 1 is 1.00 bits per heavy atom. The molecule has 4 rings (SSSR count). The maximum atomic E-state index is 13.2. The molecule has 0 saturated carbocycles. The number of nitro groups is 1. The average molecular weight is 502 g/mol. The number of non-ortho nitro benzene ring substituents is 1. The summed E-state index contributed by atoms with van der Waals surface area (Å²) in [6.07, 6.45) is 0.487. The van der Waals surface area contributed by atoms with E-state index >= 15 is 0 Å². The van der Waals surface area contributed by atoms with Crippen LogP contribution in [0, 0.1) is 10.1 Å². The van der Waals surface area contributed by atoms with Gasteiger partial charge in [-0.15, -0.1) is 0 Å². The molecule has 1 atom stereocenters. The summed E-state index contributed by atoms with van der Waals surface area (Å²) in [4.78, 5) is 40.3. The number of nitro benzene ring substituents is 1. The molecule has 1 saturated heterocycles. The van der Waals surface area contributed by atoms with Gasteiger partial charge < -0.3 is 19.6 Å². The van der Waals surface area contributed by atoms with Crippen molar-refractivity contribution >= 4 is 28.8 Å². The van der Waals surface area contributed by atoms with Crippen LogP contribution >= 0.6 is 0 Å². The van der Waals surface area contributed by atoms with Gasteiger partial charge in [0, 0.05) is 44.0 Å². The summed E-state index contributed by atoms with van der Waals surface area (Å²) in [7, 11) is 5.40. The number of likely N-dealkylation sites (tertiary alicyclic amines) is 1. The van der Waals surface area contributed by atoms with Crippen molar-refractivity contribution in [3.05, 3.63) is 105 Å². The number of ketones is 1. The summed E-state index contributed by atoms with van der Waals surface area (Å²) in [5.74, 6) is -1.17. The third-order valence-corrected chi connectivity index (χ3v) is 6.42. The molecule has 3 aromatic carbocycles. The van der Waals surface area contributed by atoms with Gasteiger partial charge in [-0.2, -0.15) is 0 Å². The maximum absolute atomic E-state index is 13.2. The maximum Gasteiger partial charge on any atom is 0.295 e. The van der Waals surface area contributed by atoms with Crippen LogP contribution in [0.15, 0.2) is 78.4 Å². The monoisotopic (exact) mass is 501 g/mol. The fourth-order valence-corrected chi connectivity index (χ4v) is 4.35. The van der Waals surface area contributed by atoms with E-state index in [1.165, 1.54) is 29.2 Å². The Bertz CT molecular complexity index is 1350. The molecule has 1 aliphatic rings. The Labute approximate surface area is 214 Å². The Kier molecular flexibility index (Phi) is 7.24. The largest absolute Gasteiger partial charge is 0.507 e. The molecule has 0 aromatic heterocycles. The molecule has 37 heavy (non-hydrogen) atoms. The van der Waals surface area contributed by atoms with Crippen LogP contribution in [0.1, 0.15) is 22.7 Å². The van der Waals surface area contributed by atoms with E-state index in [1.807, 2.05) is 67.5 Å². The minimum absolute atomic E-state index is 0.0498. The third kappa shape index (κ3) is 5.16. The highest BCUT2D eigenvalue weighted by Crippen LogP contribution is 2.40. The number of aliphatic hydroxyl groups is 1. The normalized spacial score (nSPS) is 16.6. The first-order valence-corrected chi connectivity index (χ1v) is 11.6. The van der Waals surface area contributed by atoms with Crippen molar-refractivity contribution < 1.29 is 24.4 Å².